The number of methoxy groups -OCH3 is 1. The van der Waals surface area contributed by atoms with Crippen molar-refractivity contribution < 1.29 is 23.6 Å². The molecule has 0 saturated carbocycles. The van der Waals surface area contributed by atoms with Gasteiger partial charge < -0.3 is 13.9 Å². The van der Waals surface area contributed by atoms with Gasteiger partial charge in [-0.15, -0.1) is 0 Å². The number of nitro benzene ring substituents is 1. The number of carbonyl (C=O) groups excluding carboxylic acids is 1. The Kier molecular flexibility index (Phi) is 8.71. The van der Waals surface area contributed by atoms with Crippen LogP contribution in [0.3, 0.4) is 0 Å². The van der Waals surface area contributed by atoms with Crippen molar-refractivity contribution in [2.75, 3.05) is 7.11 Å². The number of non-ortho nitro benzene ring substituents is 1. The monoisotopic (exact) mass is 618 g/mol. The number of nitrogens with zero attached hydrogens (tertiary/aromatic N) is 2. The molecule has 0 bridgehead atoms. The van der Waals surface area contributed by atoms with Gasteiger partial charge in [0.05, 0.1) is 28.0 Å². The summed E-state index contributed by atoms with van der Waals surface area (Å²) in [5, 5.41) is 13.0. The third kappa shape index (κ3) is 6.07. The van der Waals surface area contributed by atoms with Gasteiger partial charge in [-0.3, -0.25) is 19.9 Å². The summed E-state index contributed by atoms with van der Waals surface area (Å²) in [5.41, 5.74) is 3.87. The summed E-state index contributed by atoms with van der Waals surface area (Å²) in [4.78, 5) is 28.5. The number of hydrogen-bond acceptors (Lipinski definition) is 7. The molecule has 1 atom stereocenters. The molecule has 5 aromatic rings. The topological polar surface area (TPSA) is 105 Å². The van der Waals surface area contributed by atoms with Crippen molar-refractivity contribution in [3.05, 3.63) is 116 Å². The molecule has 0 aliphatic rings. The fraction of sp³-hybridized carbons (Fsp3) is 0.212. The van der Waals surface area contributed by atoms with E-state index in [1.807, 2.05) is 24.3 Å². The lowest BCUT2D eigenvalue weighted by atomic mass is 9.94. The van der Waals surface area contributed by atoms with E-state index >= 15 is 0 Å². The molecule has 3 aromatic carbocycles. The molecule has 8 nitrogen and oxygen atoms in total. The van der Waals surface area contributed by atoms with Gasteiger partial charge in [0, 0.05) is 46.4 Å². The molecule has 0 saturated heterocycles. The van der Waals surface area contributed by atoms with Crippen LogP contribution >= 0.6 is 23.2 Å². The zero-order valence-corrected chi connectivity index (χ0v) is 25.4. The van der Waals surface area contributed by atoms with Crippen LogP contribution in [0, 0.1) is 16.0 Å². The minimum Gasteiger partial charge on any atom is -0.493 e. The van der Waals surface area contributed by atoms with Crippen molar-refractivity contribution in [1.82, 2.24) is 4.98 Å². The van der Waals surface area contributed by atoms with E-state index in [4.69, 9.17) is 37.1 Å². The number of esters is 1. The van der Waals surface area contributed by atoms with E-state index < -0.39 is 16.8 Å². The molecular weight excluding hydrogens is 591 g/mol. The van der Waals surface area contributed by atoms with Gasteiger partial charge in [-0.25, -0.2) is 0 Å². The van der Waals surface area contributed by atoms with Crippen molar-refractivity contribution in [1.29, 1.82) is 0 Å². The quantitative estimate of drug-likeness (QED) is 0.0701. The second-order valence-corrected chi connectivity index (χ2v) is 11.4. The van der Waals surface area contributed by atoms with Gasteiger partial charge >= 0.3 is 5.97 Å². The molecule has 5 rings (SSSR count). The number of carbonyl (C=O) groups is 1. The molecular formula is C33H28Cl2N2O6. The van der Waals surface area contributed by atoms with E-state index in [9.17, 15) is 14.9 Å². The fourth-order valence-corrected chi connectivity index (χ4v) is 5.61. The van der Waals surface area contributed by atoms with Crippen molar-refractivity contribution in [3.8, 4) is 5.75 Å². The van der Waals surface area contributed by atoms with Crippen molar-refractivity contribution >= 4 is 62.4 Å². The maximum Gasteiger partial charge on any atom is 0.317 e. The van der Waals surface area contributed by atoms with Crippen molar-refractivity contribution in [3.63, 3.8) is 0 Å². The number of aromatic nitrogens is 1. The molecule has 2 heterocycles. The molecule has 0 aliphatic heterocycles. The summed E-state index contributed by atoms with van der Waals surface area (Å²) in [5.74, 6) is -0.128. The number of halogens is 2. The smallest absolute Gasteiger partial charge is 0.317 e. The first-order valence-electron chi connectivity index (χ1n) is 13.6. The maximum absolute atomic E-state index is 13.3. The number of ether oxygens (including phenoxy) is 2. The number of pyridine rings is 1. The SMILES string of the molecule is COc1ccc(C(=COC(=O)[C@@H](C)c2ccc(CC(C)C)cc2)c2c(Cl)cncc2Cl)c2c1oc1ccc([N+](=O)[O-])cc12. The Labute approximate surface area is 258 Å². The second kappa shape index (κ2) is 12.5. The maximum atomic E-state index is 13.3. The Bertz CT molecular complexity index is 1860. The van der Waals surface area contributed by atoms with Crippen LogP contribution in [0.1, 0.15) is 48.9 Å². The van der Waals surface area contributed by atoms with Crippen LogP contribution < -0.4 is 4.74 Å². The Hall–Kier alpha value is -4.40. The molecule has 10 heteroatoms. The Morgan fingerprint density at radius 2 is 1.74 bits per heavy atom. The largest absolute Gasteiger partial charge is 0.493 e. The van der Waals surface area contributed by atoms with Gasteiger partial charge in [-0.2, -0.15) is 0 Å². The number of nitro groups is 1. The highest BCUT2D eigenvalue weighted by atomic mass is 35.5. The predicted molar refractivity (Wildman–Crippen MR) is 168 cm³/mol. The first-order chi connectivity index (χ1) is 20.6. The van der Waals surface area contributed by atoms with E-state index in [1.54, 1.807) is 19.1 Å². The normalized spacial score (nSPS) is 12.6. The van der Waals surface area contributed by atoms with Crippen LogP contribution in [-0.2, 0) is 16.0 Å². The average Bonchev–Trinajstić information content (AvgIpc) is 3.37. The van der Waals surface area contributed by atoms with Crippen LogP contribution in [0.15, 0.2) is 77.7 Å². The van der Waals surface area contributed by atoms with Crippen molar-refractivity contribution in [2.45, 2.75) is 33.1 Å². The van der Waals surface area contributed by atoms with Crippen LogP contribution in [0.5, 0.6) is 5.75 Å². The average molecular weight is 620 g/mol. The second-order valence-electron chi connectivity index (χ2n) is 10.6. The third-order valence-corrected chi connectivity index (χ3v) is 7.75. The first kappa shape index (κ1) is 30.1. The Balaban J connectivity index is 1.65. The zero-order valence-electron chi connectivity index (χ0n) is 23.9. The van der Waals surface area contributed by atoms with Gasteiger partial charge in [-0.1, -0.05) is 61.3 Å². The number of furan rings is 1. The van der Waals surface area contributed by atoms with Crippen LogP contribution in [0.2, 0.25) is 10.0 Å². The van der Waals surface area contributed by atoms with Crippen LogP contribution in [0.25, 0.3) is 27.5 Å². The van der Waals surface area contributed by atoms with E-state index in [1.165, 1.54) is 49.5 Å². The lowest BCUT2D eigenvalue weighted by molar-refractivity contribution is -0.384. The van der Waals surface area contributed by atoms with E-state index in [2.05, 4.69) is 18.8 Å². The van der Waals surface area contributed by atoms with Gasteiger partial charge in [0.1, 0.15) is 11.8 Å². The minimum absolute atomic E-state index is 0.117. The molecule has 0 fully saturated rings. The van der Waals surface area contributed by atoms with Gasteiger partial charge in [0.15, 0.2) is 11.3 Å². The lowest BCUT2D eigenvalue weighted by Gasteiger charge is -2.15. The molecule has 220 valence electrons. The van der Waals surface area contributed by atoms with E-state index in [-0.39, 0.29) is 15.7 Å². The number of benzene rings is 3. The first-order valence-corrected chi connectivity index (χ1v) is 14.3. The van der Waals surface area contributed by atoms with E-state index in [0.29, 0.717) is 50.3 Å². The van der Waals surface area contributed by atoms with Gasteiger partial charge in [0.2, 0.25) is 0 Å². The summed E-state index contributed by atoms with van der Waals surface area (Å²) in [6, 6.07) is 15.7. The molecule has 0 aliphatic carbocycles. The molecule has 0 radical (unpaired) electrons. The summed E-state index contributed by atoms with van der Waals surface area (Å²) in [6.07, 6.45) is 5.11. The Morgan fingerprint density at radius 3 is 2.37 bits per heavy atom. The molecule has 43 heavy (non-hydrogen) atoms. The molecule has 0 amide bonds. The standard InChI is InChI=1S/C33H28Cl2N2O6/c1-18(2)13-20-5-7-21(8-6-20)19(3)33(38)42-17-25(31-26(34)15-36-16-27(31)35)23-10-12-29(41-4)32-30(23)24-14-22(37(39)40)9-11-28(24)43-32/h5-12,14-19H,13H2,1-4H3/t19-/m0/s1. The van der Waals surface area contributed by atoms with Crippen LogP contribution in [-0.4, -0.2) is 23.0 Å². The molecule has 0 spiro atoms. The lowest BCUT2D eigenvalue weighted by Crippen LogP contribution is -2.11. The van der Waals surface area contributed by atoms with Crippen molar-refractivity contribution in [2.24, 2.45) is 5.92 Å². The summed E-state index contributed by atoms with van der Waals surface area (Å²) in [7, 11) is 1.50. The zero-order chi connectivity index (χ0) is 30.8. The van der Waals surface area contributed by atoms with Gasteiger partial charge in [0.25, 0.3) is 5.69 Å². The highest BCUT2D eigenvalue weighted by Gasteiger charge is 2.24. The predicted octanol–water partition coefficient (Wildman–Crippen LogP) is 9.14. The molecule has 0 unspecified atom stereocenters. The fourth-order valence-electron chi connectivity index (χ4n) is 5.04. The summed E-state index contributed by atoms with van der Waals surface area (Å²) >= 11 is 13.2. The number of hydrogen-bond donors (Lipinski definition) is 0. The molecule has 2 aromatic heterocycles. The van der Waals surface area contributed by atoms with E-state index in [0.717, 1.165) is 12.0 Å². The highest BCUT2D eigenvalue weighted by Crippen LogP contribution is 2.44. The third-order valence-electron chi connectivity index (χ3n) is 7.18. The summed E-state index contributed by atoms with van der Waals surface area (Å²) in [6.45, 7) is 6.08. The van der Waals surface area contributed by atoms with Crippen LogP contribution in [0.4, 0.5) is 5.69 Å². The molecule has 0 N–H and O–H groups in total. The Morgan fingerprint density at radius 1 is 1.05 bits per heavy atom. The highest BCUT2D eigenvalue weighted by molar-refractivity contribution is 6.38. The van der Waals surface area contributed by atoms with Gasteiger partial charge in [-0.05, 0) is 54.2 Å². The minimum atomic E-state index is -0.567. The number of rotatable bonds is 9. The summed E-state index contributed by atoms with van der Waals surface area (Å²) < 4.78 is 17.4. The number of fused-ring (bicyclic) bond motifs is 3.